The minimum atomic E-state index is -0.314. The van der Waals surface area contributed by atoms with Crippen molar-refractivity contribution in [3.8, 4) is 0 Å². The van der Waals surface area contributed by atoms with E-state index in [1.807, 2.05) is 15.6 Å². The van der Waals surface area contributed by atoms with Gasteiger partial charge in [0.1, 0.15) is 11.5 Å². The van der Waals surface area contributed by atoms with Gasteiger partial charge in [0.25, 0.3) is 5.91 Å². The highest BCUT2D eigenvalue weighted by Crippen LogP contribution is 2.39. The number of nitrogens with one attached hydrogen (secondary N) is 2. The number of carbonyl (C=O) groups is 2. The van der Waals surface area contributed by atoms with Crippen LogP contribution in [0.1, 0.15) is 81.7 Å². The van der Waals surface area contributed by atoms with Crippen molar-refractivity contribution < 1.29 is 14.3 Å². The van der Waals surface area contributed by atoms with E-state index in [-0.39, 0.29) is 35.0 Å². The maximum atomic E-state index is 13.1. The Hall–Kier alpha value is -2.88. The van der Waals surface area contributed by atoms with Gasteiger partial charge in [0.05, 0.1) is 29.1 Å². The summed E-state index contributed by atoms with van der Waals surface area (Å²) in [6, 6.07) is 3.95. The van der Waals surface area contributed by atoms with Crippen LogP contribution in [0.4, 0.5) is 10.6 Å². The predicted octanol–water partition coefficient (Wildman–Crippen LogP) is 3.21. The SMILES string of the molecule is COCc1cc(C(=O)Nc2cc([C@H]3CC[C@@H](N4CC(C)(C)NC4=O)C3)nn2C(C)(C)C)n(C)n1. The summed E-state index contributed by atoms with van der Waals surface area (Å²) in [6.45, 7) is 11.4. The zero-order valence-corrected chi connectivity index (χ0v) is 21.3. The first-order valence-electron chi connectivity index (χ1n) is 11.9. The second kappa shape index (κ2) is 8.72. The second-order valence-corrected chi connectivity index (χ2v) is 11.2. The lowest BCUT2D eigenvalue weighted by atomic mass is 10.0. The van der Waals surface area contributed by atoms with Crippen molar-refractivity contribution in [1.82, 2.24) is 29.8 Å². The molecule has 10 nitrogen and oxygen atoms in total. The summed E-state index contributed by atoms with van der Waals surface area (Å²) < 4.78 is 8.57. The molecule has 0 spiro atoms. The molecular weight excluding hydrogens is 434 g/mol. The summed E-state index contributed by atoms with van der Waals surface area (Å²) in [4.78, 5) is 27.5. The van der Waals surface area contributed by atoms with Crippen LogP contribution >= 0.6 is 0 Å². The first-order chi connectivity index (χ1) is 15.9. The number of ether oxygens (including phenoxy) is 1. The van der Waals surface area contributed by atoms with E-state index in [2.05, 4.69) is 50.4 Å². The molecule has 1 saturated heterocycles. The highest BCUT2D eigenvalue weighted by molar-refractivity contribution is 6.02. The zero-order chi connectivity index (χ0) is 24.8. The third kappa shape index (κ3) is 4.82. The van der Waals surface area contributed by atoms with Gasteiger partial charge in [-0.1, -0.05) is 0 Å². The molecule has 2 aromatic heterocycles. The summed E-state index contributed by atoms with van der Waals surface area (Å²) in [7, 11) is 3.34. The number of hydrogen-bond donors (Lipinski definition) is 2. The molecule has 1 aliphatic heterocycles. The first kappa shape index (κ1) is 24.3. The van der Waals surface area contributed by atoms with Crippen molar-refractivity contribution in [2.24, 2.45) is 7.05 Å². The summed E-state index contributed by atoms with van der Waals surface area (Å²) >= 11 is 0. The average Bonchev–Trinajstić information content (AvgIpc) is 3.47. The Morgan fingerprint density at radius 1 is 1.26 bits per heavy atom. The molecule has 4 rings (SSSR count). The maximum Gasteiger partial charge on any atom is 0.318 e. The quantitative estimate of drug-likeness (QED) is 0.673. The van der Waals surface area contributed by atoms with Gasteiger partial charge in [-0.25, -0.2) is 9.48 Å². The van der Waals surface area contributed by atoms with Crippen LogP contribution in [0.5, 0.6) is 0 Å². The van der Waals surface area contributed by atoms with E-state index in [0.29, 0.717) is 23.8 Å². The fraction of sp³-hybridized carbons (Fsp3) is 0.667. The van der Waals surface area contributed by atoms with Crippen LogP contribution in [0.2, 0.25) is 0 Å². The van der Waals surface area contributed by atoms with Gasteiger partial charge >= 0.3 is 6.03 Å². The third-order valence-electron chi connectivity index (χ3n) is 6.60. The number of urea groups is 1. The van der Waals surface area contributed by atoms with Crippen molar-refractivity contribution in [2.75, 3.05) is 19.0 Å². The number of amides is 3. The second-order valence-electron chi connectivity index (χ2n) is 11.2. The van der Waals surface area contributed by atoms with Crippen molar-refractivity contribution in [1.29, 1.82) is 0 Å². The van der Waals surface area contributed by atoms with E-state index in [9.17, 15) is 9.59 Å². The molecule has 3 amide bonds. The fourth-order valence-electron chi connectivity index (χ4n) is 5.04. The van der Waals surface area contributed by atoms with Crippen LogP contribution in [0.15, 0.2) is 12.1 Å². The van der Waals surface area contributed by atoms with Gasteiger partial charge < -0.3 is 20.3 Å². The summed E-state index contributed by atoms with van der Waals surface area (Å²) in [5, 5.41) is 15.4. The molecule has 0 unspecified atom stereocenters. The normalized spacial score (nSPS) is 22.3. The van der Waals surface area contributed by atoms with Crippen molar-refractivity contribution in [2.45, 2.75) is 83.5 Å². The molecule has 3 heterocycles. The smallest absolute Gasteiger partial charge is 0.318 e. The fourth-order valence-corrected chi connectivity index (χ4v) is 5.04. The van der Waals surface area contributed by atoms with E-state index in [4.69, 9.17) is 9.84 Å². The lowest BCUT2D eigenvalue weighted by Crippen LogP contribution is -2.36. The molecule has 0 aromatic carbocycles. The van der Waals surface area contributed by atoms with E-state index >= 15 is 0 Å². The number of anilines is 1. The molecule has 2 N–H and O–H groups in total. The Balaban J connectivity index is 1.53. The molecule has 10 heteroatoms. The van der Waals surface area contributed by atoms with Crippen LogP contribution in [0.3, 0.4) is 0 Å². The van der Waals surface area contributed by atoms with Crippen LogP contribution in [-0.4, -0.2) is 61.6 Å². The van der Waals surface area contributed by atoms with Gasteiger partial charge in [-0.2, -0.15) is 10.2 Å². The van der Waals surface area contributed by atoms with E-state index in [0.717, 1.165) is 31.5 Å². The molecule has 2 aromatic rings. The van der Waals surface area contributed by atoms with Gasteiger partial charge in [-0.3, -0.25) is 9.48 Å². The Bertz CT molecular complexity index is 1080. The highest BCUT2D eigenvalue weighted by Gasteiger charge is 2.42. The molecule has 2 atom stereocenters. The Kier molecular flexibility index (Phi) is 6.22. The lowest BCUT2D eigenvalue weighted by Gasteiger charge is -2.24. The molecule has 2 fully saturated rings. The summed E-state index contributed by atoms with van der Waals surface area (Å²) in [5.41, 5.74) is 1.60. The van der Waals surface area contributed by atoms with E-state index in [1.165, 1.54) is 0 Å². The highest BCUT2D eigenvalue weighted by atomic mass is 16.5. The number of methoxy groups -OCH3 is 1. The number of carbonyl (C=O) groups excluding carboxylic acids is 2. The Labute approximate surface area is 201 Å². The van der Waals surface area contributed by atoms with Gasteiger partial charge in [0.15, 0.2) is 0 Å². The lowest BCUT2D eigenvalue weighted by molar-refractivity contribution is 0.101. The molecular formula is C24H37N7O3. The van der Waals surface area contributed by atoms with Gasteiger partial charge in [0.2, 0.25) is 0 Å². The molecule has 2 aliphatic rings. The van der Waals surface area contributed by atoms with Gasteiger partial charge in [0, 0.05) is 38.7 Å². The monoisotopic (exact) mass is 471 g/mol. The predicted molar refractivity (Wildman–Crippen MR) is 129 cm³/mol. The minimum Gasteiger partial charge on any atom is -0.378 e. The Morgan fingerprint density at radius 3 is 2.62 bits per heavy atom. The number of nitrogens with zero attached hydrogens (tertiary/aromatic N) is 5. The van der Waals surface area contributed by atoms with Crippen LogP contribution < -0.4 is 10.6 Å². The standard InChI is InChI=1S/C24H37N7O3/c1-23(2,3)31-20(25-21(32)19-11-16(13-34-7)27-29(19)6)12-18(28-31)15-8-9-17(10-15)30-14-24(4,5)26-22(30)33/h11-12,15,17H,8-10,13-14H2,1-7H3,(H,25,32)(H,26,33)/t15-,17+/m0/s1. The minimum absolute atomic E-state index is 0.0212. The van der Waals surface area contributed by atoms with Crippen LogP contribution in [0.25, 0.3) is 0 Å². The largest absolute Gasteiger partial charge is 0.378 e. The molecule has 34 heavy (non-hydrogen) atoms. The van der Waals surface area contributed by atoms with Crippen molar-refractivity contribution in [3.63, 3.8) is 0 Å². The summed E-state index contributed by atoms with van der Waals surface area (Å²) in [6.07, 6.45) is 2.79. The third-order valence-corrected chi connectivity index (χ3v) is 6.60. The number of hydrogen-bond acceptors (Lipinski definition) is 5. The summed E-state index contributed by atoms with van der Waals surface area (Å²) in [5.74, 6) is 0.658. The van der Waals surface area contributed by atoms with E-state index < -0.39 is 0 Å². The number of aryl methyl sites for hydroxylation is 1. The number of aromatic nitrogens is 4. The molecule has 186 valence electrons. The maximum absolute atomic E-state index is 13.1. The Morgan fingerprint density at radius 2 is 2.00 bits per heavy atom. The molecule has 1 aliphatic carbocycles. The van der Waals surface area contributed by atoms with Gasteiger partial charge in [-0.15, -0.1) is 0 Å². The first-order valence-corrected chi connectivity index (χ1v) is 11.9. The molecule has 1 saturated carbocycles. The van der Waals surface area contributed by atoms with E-state index in [1.54, 1.807) is 24.9 Å². The average molecular weight is 472 g/mol. The number of rotatable bonds is 6. The van der Waals surface area contributed by atoms with Crippen molar-refractivity contribution >= 4 is 17.8 Å². The molecule has 0 radical (unpaired) electrons. The topological polar surface area (TPSA) is 106 Å². The van der Waals surface area contributed by atoms with Crippen LogP contribution in [0, 0.1) is 0 Å². The van der Waals surface area contributed by atoms with Crippen LogP contribution in [-0.2, 0) is 23.9 Å². The van der Waals surface area contributed by atoms with Crippen molar-refractivity contribution in [3.05, 3.63) is 29.2 Å². The molecule has 0 bridgehead atoms. The van der Waals surface area contributed by atoms with Gasteiger partial charge in [-0.05, 0) is 59.9 Å². The zero-order valence-electron chi connectivity index (χ0n) is 21.3.